The zero-order valence-corrected chi connectivity index (χ0v) is 12.6. The first-order valence-electron chi connectivity index (χ1n) is 7.01. The molecule has 4 nitrogen and oxygen atoms in total. The Morgan fingerprint density at radius 1 is 1.10 bits per heavy atom. The van der Waals surface area contributed by atoms with Gasteiger partial charge in [-0.2, -0.15) is 0 Å². The molecule has 6 heteroatoms. The summed E-state index contributed by atoms with van der Waals surface area (Å²) in [6.07, 6.45) is 0.757. The summed E-state index contributed by atoms with van der Waals surface area (Å²) in [5.41, 5.74) is 5.79. The SMILES string of the molecule is COCCCN(CCOC)C(CN)c1c(F)cccc1F. The second-order valence-corrected chi connectivity index (χ2v) is 4.76. The first kappa shape index (κ1) is 18.0. The highest BCUT2D eigenvalue weighted by molar-refractivity contribution is 5.24. The smallest absolute Gasteiger partial charge is 0.130 e. The Balaban J connectivity index is 2.93. The third-order valence-electron chi connectivity index (χ3n) is 3.37. The predicted octanol–water partition coefficient (Wildman–Crippen LogP) is 1.95. The van der Waals surface area contributed by atoms with Crippen LogP contribution >= 0.6 is 0 Å². The second kappa shape index (κ2) is 9.78. The van der Waals surface area contributed by atoms with E-state index in [0.717, 1.165) is 6.42 Å². The summed E-state index contributed by atoms with van der Waals surface area (Å²) < 4.78 is 38.1. The van der Waals surface area contributed by atoms with Crippen LogP contribution in [-0.4, -0.2) is 52.0 Å². The van der Waals surface area contributed by atoms with Crippen molar-refractivity contribution in [1.82, 2.24) is 4.90 Å². The van der Waals surface area contributed by atoms with Gasteiger partial charge < -0.3 is 15.2 Å². The number of methoxy groups -OCH3 is 2. The van der Waals surface area contributed by atoms with Crippen LogP contribution < -0.4 is 5.73 Å². The average molecular weight is 302 g/mol. The molecular formula is C15H24F2N2O2. The molecule has 0 spiro atoms. The molecule has 0 heterocycles. The van der Waals surface area contributed by atoms with Crippen LogP contribution in [0.3, 0.4) is 0 Å². The number of benzene rings is 1. The van der Waals surface area contributed by atoms with E-state index in [1.54, 1.807) is 14.2 Å². The van der Waals surface area contributed by atoms with E-state index in [1.165, 1.54) is 18.2 Å². The van der Waals surface area contributed by atoms with Gasteiger partial charge in [0.25, 0.3) is 0 Å². The number of ether oxygens (including phenoxy) is 2. The maximum Gasteiger partial charge on any atom is 0.130 e. The molecule has 0 fully saturated rings. The Hall–Kier alpha value is -1.08. The number of nitrogens with two attached hydrogens (primary N) is 1. The maximum absolute atomic E-state index is 14.0. The van der Waals surface area contributed by atoms with Crippen molar-refractivity contribution in [1.29, 1.82) is 0 Å². The van der Waals surface area contributed by atoms with Gasteiger partial charge in [0, 0.05) is 46.0 Å². The molecule has 1 rings (SSSR count). The van der Waals surface area contributed by atoms with Crippen LogP contribution in [0.2, 0.25) is 0 Å². The number of nitrogens with zero attached hydrogens (tertiary/aromatic N) is 1. The van der Waals surface area contributed by atoms with Crippen LogP contribution in [0.25, 0.3) is 0 Å². The summed E-state index contributed by atoms with van der Waals surface area (Å²) in [6.45, 7) is 2.37. The van der Waals surface area contributed by atoms with Crippen LogP contribution in [0.4, 0.5) is 8.78 Å². The lowest BCUT2D eigenvalue weighted by molar-refractivity contribution is 0.105. The molecule has 0 saturated carbocycles. The van der Waals surface area contributed by atoms with Crippen molar-refractivity contribution < 1.29 is 18.3 Å². The van der Waals surface area contributed by atoms with Gasteiger partial charge in [-0.3, -0.25) is 4.90 Å². The minimum absolute atomic E-state index is 0.0218. The molecule has 0 amide bonds. The summed E-state index contributed by atoms with van der Waals surface area (Å²) in [5.74, 6) is -1.14. The highest BCUT2D eigenvalue weighted by Crippen LogP contribution is 2.25. The van der Waals surface area contributed by atoms with E-state index in [4.69, 9.17) is 15.2 Å². The lowest BCUT2D eigenvalue weighted by Crippen LogP contribution is -2.38. The van der Waals surface area contributed by atoms with Crippen molar-refractivity contribution in [2.24, 2.45) is 5.73 Å². The Morgan fingerprint density at radius 3 is 2.24 bits per heavy atom. The fraction of sp³-hybridized carbons (Fsp3) is 0.600. The van der Waals surface area contributed by atoms with Gasteiger partial charge >= 0.3 is 0 Å². The van der Waals surface area contributed by atoms with Crippen LogP contribution in [0, 0.1) is 11.6 Å². The van der Waals surface area contributed by atoms with Crippen LogP contribution in [0.15, 0.2) is 18.2 Å². The standard InChI is InChI=1S/C15H24F2N2O2/c1-20-9-4-7-19(8-10-21-2)14(11-18)15-12(16)5-3-6-13(15)17/h3,5-6,14H,4,7-11,18H2,1-2H3. The molecule has 0 aliphatic heterocycles. The third-order valence-corrected chi connectivity index (χ3v) is 3.37. The first-order chi connectivity index (χ1) is 10.2. The molecule has 1 unspecified atom stereocenters. The molecule has 21 heavy (non-hydrogen) atoms. The Morgan fingerprint density at radius 2 is 1.71 bits per heavy atom. The van der Waals surface area contributed by atoms with Crippen molar-refractivity contribution in [2.45, 2.75) is 12.5 Å². The number of halogens is 2. The van der Waals surface area contributed by atoms with E-state index >= 15 is 0 Å². The monoisotopic (exact) mass is 302 g/mol. The Labute approximate surface area is 124 Å². The van der Waals surface area contributed by atoms with Crippen LogP contribution in [0.1, 0.15) is 18.0 Å². The van der Waals surface area contributed by atoms with Crippen LogP contribution in [-0.2, 0) is 9.47 Å². The Bertz CT molecular complexity index is 398. The Kier molecular flexibility index (Phi) is 8.37. The number of hydrogen-bond acceptors (Lipinski definition) is 4. The highest BCUT2D eigenvalue weighted by atomic mass is 19.1. The summed E-state index contributed by atoms with van der Waals surface area (Å²) in [6, 6.07) is 3.35. The molecule has 2 N–H and O–H groups in total. The van der Waals surface area contributed by atoms with Gasteiger partial charge in [0.15, 0.2) is 0 Å². The van der Waals surface area contributed by atoms with E-state index in [9.17, 15) is 8.78 Å². The molecule has 0 radical (unpaired) electrons. The van der Waals surface area contributed by atoms with E-state index in [-0.39, 0.29) is 12.1 Å². The van der Waals surface area contributed by atoms with E-state index in [2.05, 4.69) is 0 Å². The van der Waals surface area contributed by atoms with Gasteiger partial charge in [-0.05, 0) is 18.6 Å². The van der Waals surface area contributed by atoms with Gasteiger partial charge in [0.2, 0.25) is 0 Å². The molecule has 0 bridgehead atoms. The van der Waals surface area contributed by atoms with Crippen molar-refractivity contribution in [3.63, 3.8) is 0 Å². The van der Waals surface area contributed by atoms with E-state index in [0.29, 0.717) is 26.3 Å². The fourth-order valence-electron chi connectivity index (χ4n) is 2.32. The fourth-order valence-corrected chi connectivity index (χ4v) is 2.32. The summed E-state index contributed by atoms with van der Waals surface area (Å²) in [7, 11) is 3.21. The average Bonchev–Trinajstić information content (AvgIpc) is 2.47. The summed E-state index contributed by atoms with van der Waals surface area (Å²) >= 11 is 0. The first-order valence-corrected chi connectivity index (χ1v) is 7.01. The highest BCUT2D eigenvalue weighted by Gasteiger charge is 2.24. The molecular weight excluding hydrogens is 278 g/mol. The van der Waals surface area contributed by atoms with E-state index in [1.807, 2.05) is 4.90 Å². The van der Waals surface area contributed by atoms with Crippen molar-refractivity contribution in [3.05, 3.63) is 35.4 Å². The summed E-state index contributed by atoms with van der Waals surface area (Å²) in [5, 5.41) is 0. The summed E-state index contributed by atoms with van der Waals surface area (Å²) in [4.78, 5) is 1.93. The number of hydrogen-bond donors (Lipinski definition) is 1. The molecule has 120 valence electrons. The van der Waals surface area contributed by atoms with Gasteiger partial charge in [-0.15, -0.1) is 0 Å². The van der Waals surface area contributed by atoms with Gasteiger partial charge in [0.1, 0.15) is 11.6 Å². The molecule has 1 aromatic carbocycles. The minimum Gasteiger partial charge on any atom is -0.385 e. The molecule has 0 aromatic heterocycles. The van der Waals surface area contributed by atoms with Gasteiger partial charge in [-0.25, -0.2) is 8.78 Å². The molecule has 0 saturated heterocycles. The minimum atomic E-state index is -0.570. The lowest BCUT2D eigenvalue weighted by atomic mass is 10.0. The van der Waals surface area contributed by atoms with Gasteiger partial charge in [0.05, 0.1) is 12.6 Å². The van der Waals surface area contributed by atoms with E-state index < -0.39 is 17.7 Å². The maximum atomic E-state index is 14.0. The van der Waals surface area contributed by atoms with Crippen molar-refractivity contribution in [3.8, 4) is 0 Å². The molecule has 1 atom stereocenters. The van der Waals surface area contributed by atoms with Crippen molar-refractivity contribution >= 4 is 0 Å². The van der Waals surface area contributed by atoms with Crippen LogP contribution in [0.5, 0.6) is 0 Å². The van der Waals surface area contributed by atoms with Gasteiger partial charge in [-0.1, -0.05) is 6.07 Å². The zero-order chi connectivity index (χ0) is 15.7. The predicted molar refractivity (Wildman–Crippen MR) is 78.1 cm³/mol. The molecule has 0 aliphatic rings. The second-order valence-electron chi connectivity index (χ2n) is 4.76. The normalized spacial score (nSPS) is 12.9. The quantitative estimate of drug-likeness (QED) is 0.671. The molecule has 0 aliphatic carbocycles. The third kappa shape index (κ3) is 5.32. The van der Waals surface area contributed by atoms with Crippen molar-refractivity contribution in [2.75, 3.05) is 47.1 Å². The largest absolute Gasteiger partial charge is 0.385 e. The lowest BCUT2D eigenvalue weighted by Gasteiger charge is -2.31. The topological polar surface area (TPSA) is 47.7 Å². The zero-order valence-electron chi connectivity index (χ0n) is 12.6. The number of rotatable bonds is 10. The molecule has 1 aromatic rings.